The minimum absolute atomic E-state index is 0.0440. The van der Waals surface area contributed by atoms with Crippen LogP contribution in [0.5, 0.6) is 0 Å². The van der Waals surface area contributed by atoms with E-state index in [0.717, 1.165) is 28.1 Å². The Bertz CT molecular complexity index is 2770. The molecule has 5 aromatic rings. The van der Waals surface area contributed by atoms with E-state index in [0.29, 0.717) is 11.8 Å². The van der Waals surface area contributed by atoms with Crippen LogP contribution in [0, 0.1) is 0 Å². The molecule has 0 radical (unpaired) electrons. The van der Waals surface area contributed by atoms with Crippen LogP contribution in [0.3, 0.4) is 0 Å². The van der Waals surface area contributed by atoms with Crippen molar-refractivity contribution in [2.24, 2.45) is 0 Å². The van der Waals surface area contributed by atoms with Crippen molar-refractivity contribution in [2.75, 3.05) is 71.1 Å². The second-order valence-electron chi connectivity index (χ2n) is 17.2. The zero-order chi connectivity index (χ0) is 50.5. The summed E-state index contributed by atoms with van der Waals surface area (Å²) < 4.78 is 2.10. The number of carbonyl (C=O) groups is 3. The van der Waals surface area contributed by atoms with Crippen LogP contribution in [0.1, 0.15) is 42.2 Å². The zero-order valence-electron chi connectivity index (χ0n) is 40.3. The van der Waals surface area contributed by atoms with Crippen molar-refractivity contribution in [3.8, 4) is 0 Å². The molecule has 1 heterocycles. The third kappa shape index (κ3) is 12.5. The fraction of sp³-hybridized carbons (Fsp3) is 0.185. The Hall–Kier alpha value is -5.61. The van der Waals surface area contributed by atoms with Crippen molar-refractivity contribution in [1.82, 2.24) is 0 Å². The van der Waals surface area contributed by atoms with Crippen LogP contribution in [0.4, 0.5) is 17.1 Å². The van der Waals surface area contributed by atoms with Gasteiger partial charge in [0.25, 0.3) is 0 Å². The molecule has 5 aromatic carbocycles. The number of carboxylic acids is 2. The van der Waals surface area contributed by atoms with E-state index in [1.165, 1.54) is 55.6 Å². The summed E-state index contributed by atoms with van der Waals surface area (Å²) in [6.45, 7) is 13.1. The van der Waals surface area contributed by atoms with Gasteiger partial charge >= 0.3 is 45.5 Å². The molecule has 9 nitrogen and oxygen atoms in total. The number of rotatable bonds is 11. The summed E-state index contributed by atoms with van der Waals surface area (Å²) in [5.74, 6) is -2.24. The maximum atomic E-state index is 12.0. The van der Waals surface area contributed by atoms with Gasteiger partial charge in [0, 0.05) is 82.6 Å². The van der Waals surface area contributed by atoms with Crippen molar-refractivity contribution >= 4 is 107 Å². The number of carbonyl (C=O) groups excluding carboxylic acids is 2. The number of allylic oxidation sites excluding steroid dienone is 5. The SMILES string of the molecule is C=C[Si](C)(c1cccc(N(C)C)c1)c1cccc(N(C)C)c1.C=C[Si]1(C)C2=CC(=[N+](C)C)C=CC2=C(c2ccccc2C(=O)[O-])c2ccc(N(C)C)cc21.O=Cc1ccccc1C(=O)O.[Br][Cu][Br]. The average Bonchev–Trinajstić information content (AvgIpc) is 3.34. The molecule has 359 valence electrons. The topological polar surface area (TPSA) is 107 Å². The summed E-state index contributed by atoms with van der Waals surface area (Å²) >= 11 is 7.38. The summed E-state index contributed by atoms with van der Waals surface area (Å²) in [6, 6.07) is 37.3. The van der Waals surface area contributed by atoms with Gasteiger partial charge in [0.2, 0.25) is 0 Å². The van der Waals surface area contributed by atoms with Crippen LogP contribution in [-0.2, 0) is 11.3 Å². The van der Waals surface area contributed by atoms with E-state index in [2.05, 4.69) is 198 Å². The summed E-state index contributed by atoms with van der Waals surface area (Å²) in [7, 11) is 12.2. The van der Waals surface area contributed by atoms with Gasteiger partial charge in [0.15, 0.2) is 12.0 Å². The predicted octanol–water partition coefficient (Wildman–Crippen LogP) is 8.31. The molecular weight excluding hydrogens is 1060 g/mol. The second-order valence-corrected chi connectivity index (χ2v) is 29.8. The Morgan fingerprint density at radius 3 is 1.71 bits per heavy atom. The Balaban J connectivity index is 0.000000241. The molecule has 0 saturated carbocycles. The molecule has 14 heteroatoms. The first-order valence-corrected chi connectivity index (χ1v) is 31.3. The van der Waals surface area contributed by atoms with Gasteiger partial charge in [0.05, 0.1) is 11.5 Å². The Morgan fingerprint density at radius 1 is 0.735 bits per heavy atom. The first kappa shape index (κ1) is 55.0. The van der Waals surface area contributed by atoms with Crippen LogP contribution >= 0.6 is 28.2 Å². The van der Waals surface area contributed by atoms with Crippen molar-refractivity contribution in [3.63, 3.8) is 0 Å². The maximum absolute atomic E-state index is 12.0. The van der Waals surface area contributed by atoms with Crippen LogP contribution in [0.2, 0.25) is 13.1 Å². The molecule has 0 fully saturated rings. The molecule has 0 bridgehead atoms. The monoisotopic (exact) mass is 1120 g/mol. The van der Waals surface area contributed by atoms with E-state index in [1.54, 1.807) is 24.3 Å². The number of aldehydes is 1. The van der Waals surface area contributed by atoms with E-state index in [9.17, 15) is 19.5 Å². The fourth-order valence-corrected chi connectivity index (χ4v) is 13.8. The number of hydrogen-bond donors (Lipinski definition) is 1. The minimum atomic E-state index is -2.30. The van der Waals surface area contributed by atoms with E-state index in [-0.39, 0.29) is 16.7 Å². The van der Waals surface area contributed by atoms with Gasteiger partial charge in [-0.3, -0.25) is 4.79 Å². The van der Waals surface area contributed by atoms with E-state index < -0.39 is 28.1 Å². The summed E-state index contributed by atoms with van der Waals surface area (Å²) in [5.41, 5.74) is 13.2. The van der Waals surface area contributed by atoms with Gasteiger partial charge in [-0.15, -0.1) is 13.2 Å². The third-order valence-electron chi connectivity index (χ3n) is 12.2. The molecule has 1 aliphatic carbocycles. The molecule has 7 rings (SSSR count). The molecule has 0 saturated heterocycles. The number of benzene rings is 5. The van der Waals surface area contributed by atoms with E-state index in [1.807, 2.05) is 40.3 Å². The van der Waals surface area contributed by atoms with Gasteiger partial charge in [-0.25, -0.2) is 9.37 Å². The van der Waals surface area contributed by atoms with Crippen LogP contribution in [-0.4, -0.2) is 106 Å². The summed E-state index contributed by atoms with van der Waals surface area (Å²) in [4.78, 5) is 39.1. The Labute approximate surface area is 424 Å². The normalized spacial score (nSPS) is 14.4. The number of anilines is 3. The number of halogens is 2. The predicted molar refractivity (Wildman–Crippen MR) is 293 cm³/mol. The first-order valence-electron chi connectivity index (χ1n) is 21.5. The molecular formula is C54H60Br2CuN4O5Si2. The fourth-order valence-electron chi connectivity index (χ4n) is 8.01. The third-order valence-corrected chi connectivity index (χ3v) is 19.9. The number of fused-ring (bicyclic) bond motifs is 2. The Kier molecular flexibility index (Phi) is 19.9. The zero-order valence-corrected chi connectivity index (χ0v) is 46.4. The van der Waals surface area contributed by atoms with Gasteiger partial charge in [-0.05, 0) is 91.6 Å². The molecule has 1 aliphatic heterocycles. The van der Waals surface area contributed by atoms with Gasteiger partial charge < -0.3 is 29.7 Å². The van der Waals surface area contributed by atoms with Crippen LogP contribution < -0.4 is 35.4 Å². The molecule has 0 aromatic heterocycles. The quantitative estimate of drug-likeness (QED) is 0.0801. The van der Waals surface area contributed by atoms with E-state index in [4.69, 9.17) is 5.11 Å². The molecule has 1 unspecified atom stereocenters. The van der Waals surface area contributed by atoms with Crippen molar-refractivity contribution in [1.29, 1.82) is 0 Å². The molecule has 68 heavy (non-hydrogen) atoms. The standard InChI is InChI=1S/C27H28N2O2Si.C19H26N2Si.C8H6O3.2BrH.Cu/c1-7-32(6)24-16-18(28(2)3)12-14-22(24)26(20-10-8-9-11-21(20)27(30)31)23-15-13-19(29(4)5)17-25(23)32;1-7-22(6,18-12-8-10-16(14-18)20(2)3)19-13-9-11-17(15-19)21(4)5;9-5-6-3-1-2-4-7(6)8(10)11;;;/h7-17H,1H2,2-6H3;7-15H,1H2,2-6H3;1-5H,(H,10,11);2*1H;/q;;;;;+2/p-2. The van der Waals surface area contributed by atoms with Gasteiger partial charge in [-0.2, -0.15) is 0 Å². The first-order chi connectivity index (χ1) is 32.2. The molecule has 0 spiro atoms. The molecule has 1 N–H and O–H groups in total. The van der Waals surface area contributed by atoms with Crippen molar-refractivity contribution in [2.45, 2.75) is 13.1 Å². The number of aromatic carboxylic acids is 2. The van der Waals surface area contributed by atoms with Gasteiger partial charge in [-0.1, -0.05) is 97.3 Å². The second kappa shape index (κ2) is 24.6. The number of carboxylic acid groups (broad SMARTS) is 2. The number of hydrogen-bond acceptors (Lipinski definition) is 7. The average molecular weight is 1120 g/mol. The van der Waals surface area contributed by atoms with Crippen molar-refractivity contribution < 1.29 is 40.5 Å². The molecule has 0 amide bonds. The Morgan fingerprint density at radius 2 is 1.25 bits per heavy atom. The van der Waals surface area contributed by atoms with Crippen molar-refractivity contribution in [3.05, 3.63) is 197 Å². The molecule has 2 aliphatic rings. The van der Waals surface area contributed by atoms with Crippen LogP contribution in [0.15, 0.2) is 169 Å². The summed E-state index contributed by atoms with van der Waals surface area (Å²) in [5, 5.41) is 25.8. The molecule has 1 atom stereocenters. The van der Waals surface area contributed by atoms with Crippen LogP contribution in [0.25, 0.3) is 5.57 Å². The number of nitrogens with zero attached hydrogens (tertiary/aromatic N) is 4. The van der Waals surface area contributed by atoms with Gasteiger partial charge in [0.1, 0.15) is 30.2 Å². The summed E-state index contributed by atoms with van der Waals surface area (Å²) in [6.07, 6.45) is 7.00. The van der Waals surface area contributed by atoms with E-state index >= 15 is 0 Å².